The van der Waals surface area contributed by atoms with Gasteiger partial charge in [0.2, 0.25) is 5.91 Å². The number of amides is 1. The Morgan fingerprint density at radius 3 is 2.21 bits per heavy atom. The summed E-state index contributed by atoms with van der Waals surface area (Å²) in [5.41, 5.74) is 0. The second-order valence-electron chi connectivity index (χ2n) is 3.59. The van der Waals surface area contributed by atoms with Crippen molar-refractivity contribution in [2.75, 3.05) is 27.8 Å². The molecule has 0 N–H and O–H groups in total. The molecule has 0 aliphatic carbocycles. The molecular weight excluding hydrogens is 198 g/mol. The highest BCUT2D eigenvalue weighted by Crippen LogP contribution is 2.13. The van der Waals surface area contributed by atoms with Gasteiger partial charge in [-0.25, -0.2) is 0 Å². The lowest BCUT2D eigenvalue weighted by Crippen LogP contribution is -2.37. The van der Waals surface area contributed by atoms with Gasteiger partial charge in [0, 0.05) is 34.7 Å². The van der Waals surface area contributed by atoms with Crippen LogP contribution in [0.15, 0.2) is 0 Å². The maximum absolute atomic E-state index is 10.9. The number of carbonyl (C=O) groups is 1. The molecule has 0 atom stereocenters. The molecule has 0 saturated heterocycles. The molecule has 14 heavy (non-hydrogen) atoms. The van der Waals surface area contributed by atoms with Crippen LogP contribution in [0.5, 0.6) is 0 Å². The fourth-order valence-electron chi connectivity index (χ4n) is 1.08. The zero-order valence-corrected chi connectivity index (χ0v) is 10.8. The second kappa shape index (κ2) is 6.16. The summed E-state index contributed by atoms with van der Waals surface area (Å²) in [5, 5.41) is 0. The van der Waals surface area contributed by atoms with Crippen LogP contribution in [0.3, 0.4) is 0 Å². The highest BCUT2D eigenvalue weighted by molar-refractivity contribution is 6.65. The highest BCUT2D eigenvalue weighted by atomic mass is 28.4. The maximum Gasteiger partial charge on any atom is 0.334 e. The van der Waals surface area contributed by atoms with Crippen molar-refractivity contribution in [2.45, 2.75) is 25.9 Å². The summed E-state index contributed by atoms with van der Waals surface area (Å²) in [5.74, 6) is 0.100. The highest BCUT2D eigenvalue weighted by Gasteiger charge is 2.27. The van der Waals surface area contributed by atoms with Crippen molar-refractivity contribution in [3.05, 3.63) is 0 Å². The molecule has 1 amide bonds. The van der Waals surface area contributed by atoms with Gasteiger partial charge in [0.15, 0.2) is 0 Å². The van der Waals surface area contributed by atoms with Crippen molar-refractivity contribution in [3.63, 3.8) is 0 Å². The topological polar surface area (TPSA) is 38.8 Å². The third-order valence-electron chi connectivity index (χ3n) is 2.53. The number of carbonyl (C=O) groups excluding carboxylic acids is 1. The third-order valence-corrected chi connectivity index (χ3v) is 5.51. The van der Waals surface area contributed by atoms with Gasteiger partial charge in [-0.1, -0.05) is 0 Å². The van der Waals surface area contributed by atoms with Gasteiger partial charge in [-0.05, 0) is 19.0 Å². The van der Waals surface area contributed by atoms with Crippen molar-refractivity contribution in [3.8, 4) is 0 Å². The van der Waals surface area contributed by atoms with Crippen LogP contribution >= 0.6 is 0 Å². The van der Waals surface area contributed by atoms with E-state index in [1.165, 1.54) is 0 Å². The van der Waals surface area contributed by atoms with E-state index in [4.69, 9.17) is 8.85 Å². The first-order chi connectivity index (χ1) is 6.45. The van der Waals surface area contributed by atoms with Crippen LogP contribution in [0.1, 0.15) is 13.3 Å². The Balaban J connectivity index is 3.77. The molecule has 0 aromatic rings. The summed E-state index contributed by atoms with van der Waals surface area (Å²) in [4.78, 5) is 12.6. The van der Waals surface area contributed by atoms with Gasteiger partial charge in [-0.2, -0.15) is 0 Å². The summed E-state index contributed by atoms with van der Waals surface area (Å²) in [6, 6.07) is 0.914. The SMILES string of the molecule is CO[Si](C)(CCCN(C)C(C)=O)OC. The fraction of sp³-hybridized carbons (Fsp3) is 0.889. The van der Waals surface area contributed by atoms with E-state index >= 15 is 0 Å². The average molecular weight is 219 g/mol. The van der Waals surface area contributed by atoms with Crippen molar-refractivity contribution in [1.82, 2.24) is 4.90 Å². The molecule has 0 saturated carbocycles. The van der Waals surface area contributed by atoms with Crippen LogP contribution in [0.4, 0.5) is 0 Å². The van der Waals surface area contributed by atoms with Gasteiger partial charge in [-0.15, -0.1) is 0 Å². The lowest BCUT2D eigenvalue weighted by Gasteiger charge is -2.23. The van der Waals surface area contributed by atoms with Crippen molar-refractivity contribution < 1.29 is 13.6 Å². The lowest BCUT2D eigenvalue weighted by atomic mass is 10.4. The molecule has 0 rings (SSSR count). The summed E-state index contributed by atoms with van der Waals surface area (Å²) in [6.45, 7) is 4.37. The van der Waals surface area contributed by atoms with Crippen molar-refractivity contribution >= 4 is 14.5 Å². The van der Waals surface area contributed by atoms with Crippen LogP contribution in [0, 0.1) is 0 Å². The molecule has 0 aliphatic heterocycles. The van der Waals surface area contributed by atoms with Crippen LogP contribution in [-0.2, 0) is 13.6 Å². The Labute approximate surface area is 87.4 Å². The Kier molecular flexibility index (Phi) is 5.99. The zero-order chi connectivity index (χ0) is 11.2. The minimum Gasteiger partial charge on any atom is -0.398 e. The molecule has 0 aromatic carbocycles. The first-order valence-electron chi connectivity index (χ1n) is 4.77. The maximum atomic E-state index is 10.9. The Hall–Kier alpha value is -0.393. The van der Waals surface area contributed by atoms with Gasteiger partial charge >= 0.3 is 8.56 Å². The van der Waals surface area contributed by atoms with Gasteiger partial charge in [-0.3, -0.25) is 4.79 Å². The van der Waals surface area contributed by atoms with E-state index in [1.807, 2.05) is 6.55 Å². The van der Waals surface area contributed by atoms with E-state index in [0.717, 1.165) is 19.0 Å². The van der Waals surface area contributed by atoms with Gasteiger partial charge in [0.25, 0.3) is 0 Å². The molecule has 0 radical (unpaired) electrons. The number of nitrogens with zero attached hydrogens (tertiary/aromatic N) is 1. The number of rotatable bonds is 6. The Morgan fingerprint density at radius 1 is 1.36 bits per heavy atom. The molecule has 0 fully saturated rings. The molecule has 0 unspecified atom stereocenters. The van der Waals surface area contributed by atoms with Crippen LogP contribution < -0.4 is 0 Å². The van der Waals surface area contributed by atoms with Crippen LogP contribution in [0.25, 0.3) is 0 Å². The molecule has 5 heteroatoms. The van der Waals surface area contributed by atoms with Crippen LogP contribution in [0.2, 0.25) is 12.6 Å². The summed E-state index contributed by atoms with van der Waals surface area (Å²) >= 11 is 0. The zero-order valence-electron chi connectivity index (χ0n) is 9.79. The van der Waals surface area contributed by atoms with E-state index in [2.05, 4.69) is 0 Å². The smallest absolute Gasteiger partial charge is 0.334 e. The minimum absolute atomic E-state index is 0.100. The monoisotopic (exact) mass is 219 g/mol. The molecule has 0 aliphatic rings. The quantitative estimate of drug-likeness (QED) is 0.631. The molecule has 84 valence electrons. The number of hydrogen-bond acceptors (Lipinski definition) is 3. The van der Waals surface area contributed by atoms with E-state index < -0.39 is 8.56 Å². The summed E-state index contributed by atoms with van der Waals surface area (Å²) < 4.78 is 10.7. The molecule has 4 nitrogen and oxygen atoms in total. The normalized spacial score (nSPS) is 11.5. The molecule has 0 spiro atoms. The summed E-state index contributed by atoms with van der Waals surface area (Å²) in [6.07, 6.45) is 0.931. The van der Waals surface area contributed by atoms with Crippen molar-refractivity contribution in [2.24, 2.45) is 0 Å². The molecule has 0 aromatic heterocycles. The standard InChI is InChI=1S/C9H21NO3Si/c1-9(11)10(2)7-6-8-14(5,12-3)13-4/h6-8H2,1-5H3. The second-order valence-corrected chi connectivity index (χ2v) is 7.17. The first-order valence-corrected chi connectivity index (χ1v) is 7.29. The lowest BCUT2D eigenvalue weighted by molar-refractivity contribution is -0.127. The predicted molar refractivity (Wildman–Crippen MR) is 58.4 cm³/mol. The average Bonchev–Trinajstić information content (AvgIpc) is 2.17. The molecule has 0 bridgehead atoms. The Bertz CT molecular complexity index is 183. The van der Waals surface area contributed by atoms with E-state index in [0.29, 0.717) is 0 Å². The molecule has 0 heterocycles. The number of hydrogen-bond donors (Lipinski definition) is 0. The first kappa shape index (κ1) is 13.6. The van der Waals surface area contributed by atoms with E-state index in [1.54, 1.807) is 33.1 Å². The van der Waals surface area contributed by atoms with Gasteiger partial charge in [0.1, 0.15) is 0 Å². The van der Waals surface area contributed by atoms with Gasteiger partial charge in [0.05, 0.1) is 0 Å². The predicted octanol–water partition coefficient (Wildman–Crippen LogP) is 1.22. The van der Waals surface area contributed by atoms with E-state index in [-0.39, 0.29) is 5.91 Å². The third kappa shape index (κ3) is 4.73. The molecular formula is C9H21NO3Si. The van der Waals surface area contributed by atoms with Gasteiger partial charge < -0.3 is 13.8 Å². The minimum atomic E-state index is -1.94. The van der Waals surface area contributed by atoms with E-state index in [9.17, 15) is 4.79 Å². The van der Waals surface area contributed by atoms with Crippen LogP contribution in [-0.4, -0.2) is 47.2 Å². The Morgan fingerprint density at radius 2 is 1.86 bits per heavy atom. The van der Waals surface area contributed by atoms with Crippen molar-refractivity contribution in [1.29, 1.82) is 0 Å². The fourth-order valence-corrected chi connectivity index (χ4v) is 2.46. The summed E-state index contributed by atoms with van der Waals surface area (Å²) in [7, 11) is 3.24. The largest absolute Gasteiger partial charge is 0.398 e.